The van der Waals surface area contributed by atoms with Crippen LogP contribution >= 0.6 is 0 Å². The van der Waals surface area contributed by atoms with Crippen molar-refractivity contribution < 1.29 is 21.4 Å². The van der Waals surface area contributed by atoms with Gasteiger partial charge in [0.1, 0.15) is 5.88 Å². The summed E-state index contributed by atoms with van der Waals surface area (Å²) in [4.78, 5) is 1.72. The van der Waals surface area contributed by atoms with E-state index in [1.165, 1.54) is 6.92 Å². The Hall–Kier alpha value is -0.0200. The Bertz CT molecular complexity index is 369. The molecular formula is C8H17NO5S2. The van der Waals surface area contributed by atoms with Crippen LogP contribution in [0.25, 0.3) is 0 Å². The SMILES string of the molecule is CCS(=O)(=O)OC1(C)CCN(CS(=O)O)C1. The minimum atomic E-state index is -3.48. The van der Waals surface area contributed by atoms with Crippen molar-refractivity contribution in [1.82, 2.24) is 4.90 Å². The molecule has 1 rings (SSSR count). The second kappa shape index (κ2) is 5.09. The summed E-state index contributed by atoms with van der Waals surface area (Å²) in [5.41, 5.74) is -0.770. The third kappa shape index (κ3) is 4.10. The second-order valence-electron chi connectivity index (χ2n) is 4.13. The number of hydrogen-bond donors (Lipinski definition) is 1. The predicted molar refractivity (Wildman–Crippen MR) is 60.8 cm³/mol. The molecule has 0 spiro atoms. The highest BCUT2D eigenvalue weighted by molar-refractivity contribution is 7.86. The van der Waals surface area contributed by atoms with Crippen molar-refractivity contribution in [1.29, 1.82) is 0 Å². The van der Waals surface area contributed by atoms with Crippen molar-refractivity contribution in [2.75, 3.05) is 24.7 Å². The molecule has 0 aromatic heterocycles. The summed E-state index contributed by atoms with van der Waals surface area (Å²) in [5.74, 6) is -0.0281. The van der Waals surface area contributed by atoms with E-state index >= 15 is 0 Å². The maximum absolute atomic E-state index is 11.3. The van der Waals surface area contributed by atoms with Crippen LogP contribution in [0.1, 0.15) is 20.3 Å². The zero-order valence-corrected chi connectivity index (χ0v) is 11.0. The number of nitrogens with zero attached hydrogens (tertiary/aromatic N) is 1. The first-order valence-electron chi connectivity index (χ1n) is 4.99. The van der Waals surface area contributed by atoms with Gasteiger partial charge in [-0.2, -0.15) is 8.42 Å². The third-order valence-corrected chi connectivity index (χ3v) is 4.44. The molecule has 0 saturated carbocycles. The lowest BCUT2D eigenvalue weighted by Crippen LogP contribution is -2.36. The molecule has 8 heteroatoms. The van der Waals surface area contributed by atoms with Gasteiger partial charge in [-0.3, -0.25) is 9.08 Å². The van der Waals surface area contributed by atoms with Gasteiger partial charge in [0.2, 0.25) is 0 Å². The van der Waals surface area contributed by atoms with E-state index in [2.05, 4.69) is 0 Å². The van der Waals surface area contributed by atoms with Gasteiger partial charge in [0.05, 0.1) is 11.4 Å². The zero-order valence-electron chi connectivity index (χ0n) is 9.38. The molecule has 1 saturated heterocycles. The van der Waals surface area contributed by atoms with Crippen molar-refractivity contribution in [3.05, 3.63) is 0 Å². The van der Waals surface area contributed by atoms with E-state index in [1.807, 2.05) is 0 Å². The highest BCUT2D eigenvalue weighted by Gasteiger charge is 2.38. The molecular weight excluding hydrogens is 254 g/mol. The van der Waals surface area contributed by atoms with Gasteiger partial charge in [-0.1, -0.05) is 0 Å². The minimum Gasteiger partial charge on any atom is -0.305 e. The molecule has 96 valence electrons. The zero-order chi connectivity index (χ0) is 12.4. The Balaban J connectivity index is 2.59. The highest BCUT2D eigenvalue weighted by atomic mass is 32.2. The molecule has 1 heterocycles. The van der Waals surface area contributed by atoms with Gasteiger partial charge in [-0.25, -0.2) is 4.21 Å². The lowest BCUT2D eigenvalue weighted by atomic mass is 10.1. The number of likely N-dealkylation sites (tertiary alicyclic amines) is 1. The molecule has 1 aliphatic heterocycles. The van der Waals surface area contributed by atoms with E-state index < -0.39 is 26.8 Å². The lowest BCUT2D eigenvalue weighted by Gasteiger charge is -2.23. The smallest absolute Gasteiger partial charge is 0.267 e. The number of hydrogen-bond acceptors (Lipinski definition) is 5. The molecule has 0 radical (unpaired) electrons. The Kier molecular flexibility index (Phi) is 4.47. The normalized spacial score (nSPS) is 29.4. The highest BCUT2D eigenvalue weighted by Crippen LogP contribution is 2.26. The fraction of sp³-hybridized carbons (Fsp3) is 1.00. The van der Waals surface area contributed by atoms with Crippen LogP contribution in [-0.2, 0) is 25.4 Å². The molecule has 1 N–H and O–H groups in total. The average Bonchev–Trinajstić information content (AvgIpc) is 2.45. The molecule has 2 unspecified atom stereocenters. The maximum Gasteiger partial charge on any atom is 0.267 e. The van der Waals surface area contributed by atoms with E-state index in [9.17, 15) is 12.6 Å². The summed E-state index contributed by atoms with van der Waals surface area (Å²) in [6.45, 7) is 4.16. The molecule has 0 bridgehead atoms. The molecule has 6 nitrogen and oxygen atoms in total. The number of rotatable bonds is 5. The van der Waals surface area contributed by atoms with Crippen molar-refractivity contribution >= 4 is 21.2 Å². The van der Waals surface area contributed by atoms with Gasteiger partial charge >= 0.3 is 0 Å². The molecule has 0 aromatic rings. The Morgan fingerprint density at radius 2 is 2.19 bits per heavy atom. The summed E-state index contributed by atoms with van der Waals surface area (Å²) >= 11 is -1.89. The van der Waals surface area contributed by atoms with Gasteiger partial charge in [0.25, 0.3) is 10.1 Å². The molecule has 1 aliphatic rings. The lowest BCUT2D eigenvalue weighted by molar-refractivity contribution is 0.107. The van der Waals surface area contributed by atoms with Crippen LogP contribution in [0.15, 0.2) is 0 Å². The van der Waals surface area contributed by atoms with E-state index in [-0.39, 0.29) is 11.6 Å². The summed E-state index contributed by atoms with van der Waals surface area (Å²) in [5, 5.41) is 0. The van der Waals surface area contributed by atoms with Crippen LogP contribution in [-0.4, -0.2) is 52.4 Å². The van der Waals surface area contributed by atoms with E-state index in [0.29, 0.717) is 19.5 Å². The summed E-state index contributed by atoms with van der Waals surface area (Å²) in [6.07, 6.45) is 0.545. The Morgan fingerprint density at radius 3 is 2.69 bits per heavy atom. The first-order valence-corrected chi connectivity index (χ1v) is 7.85. The summed E-state index contributed by atoms with van der Waals surface area (Å²) in [7, 11) is -3.48. The van der Waals surface area contributed by atoms with Crippen LogP contribution in [0.4, 0.5) is 0 Å². The van der Waals surface area contributed by atoms with Crippen molar-refractivity contribution in [2.45, 2.75) is 25.9 Å². The van der Waals surface area contributed by atoms with Crippen LogP contribution in [0, 0.1) is 0 Å². The van der Waals surface area contributed by atoms with Crippen molar-refractivity contribution in [3.8, 4) is 0 Å². The van der Waals surface area contributed by atoms with Crippen molar-refractivity contribution in [2.24, 2.45) is 0 Å². The maximum atomic E-state index is 11.3. The van der Waals surface area contributed by atoms with Gasteiger partial charge in [-0.05, 0) is 20.3 Å². The van der Waals surface area contributed by atoms with Gasteiger partial charge in [-0.15, -0.1) is 0 Å². The quantitative estimate of drug-likeness (QED) is 0.559. The minimum absolute atomic E-state index is 0.0329. The van der Waals surface area contributed by atoms with Crippen LogP contribution in [0.5, 0.6) is 0 Å². The van der Waals surface area contributed by atoms with E-state index in [1.54, 1.807) is 11.8 Å². The average molecular weight is 271 g/mol. The van der Waals surface area contributed by atoms with Gasteiger partial charge < -0.3 is 4.55 Å². The van der Waals surface area contributed by atoms with E-state index in [4.69, 9.17) is 8.74 Å². The fourth-order valence-corrected chi connectivity index (χ4v) is 3.13. The Morgan fingerprint density at radius 1 is 1.56 bits per heavy atom. The van der Waals surface area contributed by atoms with E-state index in [0.717, 1.165) is 0 Å². The molecule has 1 fully saturated rings. The molecule has 0 aromatic carbocycles. The molecule has 0 aliphatic carbocycles. The summed E-state index contributed by atoms with van der Waals surface area (Å²) < 4.78 is 47.1. The molecule has 16 heavy (non-hydrogen) atoms. The largest absolute Gasteiger partial charge is 0.305 e. The predicted octanol–water partition coefficient (Wildman–Crippen LogP) is -0.00370. The van der Waals surface area contributed by atoms with Crippen LogP contribution in [0.2, 0.25) is 0 Å². The Labute approximate surface area is 98.4 Å². The molecule has 0 amide bonds. The first-order chi connectivity index (χ1) is 7.26. The standard InChI is InChI=1S/C8H17NO5S2/c1-3-16(12,13)14-8(2)4-5-9(6-8)7-15(10)11/h3-7H2,1-2H3,(H,10,11). The molecule has 2 atom stereocenters. The fourth-order valence-electron chi connectivity index (χ4n) is 1.73. The summed E-state index contributed by atoms with van der Waals surface area (Å²) in [6, 6.07) is 0. The first kappa shape index (κ1) is 14.0. The van der Waals surface area contributed by atoms with Crippen LogP contribution in [0.3, 0.4) is 0 Å². The second-order valence-corrected chi connectivity index (χ2v) is 6.89. The van der Waals surface area contributed by atoms with Gasteiger partial charge in [0.15, 0.2) is 11.1 Å². The van der Waals surface area contributed by atoms with Gasteiger partial charge in [0, 0.05) is 13.1 Å². The van der Waals surface area contributed by atoms with Crippen molar-refractivity contribution in [3.63, 3.8) is 0 Å². The van der Waals surface area contributed by atoms with Crippen LogP contribution < -0.4 is 0 Å². The third-order valence-electron chi connectivity index (χ3n) is 2.49. The topological polar surface area (TPSA) is 83.9 Å². The monoisotopic (exact) mass is 271 g/mol.